The van der Waals surface area contributed by atoms with Crippen molar-refractivity contribution in [2.75, 3.05) is 19.8 Å². The van der Waals surface area contributed by atoms with Crippen LogP contribution in [0.4, 0.5) is 0 Å². The second-order valence-electron chi connectivity index (χ2n) is 3.97. The first-order valence-corrected chi connectivity index (χ1v) is 4.52. The molecule has 2 heteroatoms. The summed E-state index contributed by atoms with van der Waals surface area (Å²) in [6.07, 6.45) is 4.38. The summed E-state index contributed by atoms with van der Waals surface area (Å²) in [5.74, 6) is 0.790. The van der Waals surface area contributed by atoms with Gasteiger partial charge in [0, 0.05) is 12.0 Å². The molecule has 0 amide bonds. The predicted octanol–water partition coefficient (Wildman–Crippen LogP) is 1.60. The van der Waals surface area contributed by atoms with Crippen molar-refractivity contribution in [2.45, 2.75) is 19.8 Å². The summed E-state index contributed by atoms with van der Waals surface area (Å²) in [4.78, 5) is 0. The molecular weight excluding hydrogens is 152 g/mol. The summed E-state index contributed by atoms with van der Waals surface area (Å²) in [5.41, 5.74) is -0.255. The zero-order valence-corrected chi connectivity index (χ0v) is 7.75. The van der Waals surface area contributed by atoms with Gasteiger partial charge < -0.3 is 9.84 Å². The number of hydrogen-bond acceptors (Lipinski definition) is 2. The van der Waals surface area contributed by atoms with Crippen LogP contribution in [0.3, 0.4) is 0 Å². The third kappa shape index (κ3) is 2.95. The highest BCUT2D eigenvalue weighted by molar-refractivity contribution is 4.91. The van der Waals surface area contributed by atoms with Crippen LogP contribution in [-0.2, 0) is 4.74 Å². The normalized spacial score (nSPS) is 21.8. The number of aliphatic hydroxyl groups is 1. The highest BCUT2D eigenvalue weighted by Gasteiger charge is 2.24. The van der Waals surface area contributed by atoms with E-state index in [1.54, 1.807) is 6.08 Å². The van der Waals surface area contributed by atoms with E-state index in [-0.39, 0.29) is 12.0 Å². The Morgan fingerprint density at radius 2 is 2.33 bits per heavy atom. The number of rotatable bonds is 6. The average Bonchev–Trinajstić information content (AvgIpc) is 2.88. The van der Waals surface area contributed by atoms with Gasteiger partial charge in [-0.3, -0.25) is 0 Å². The second kappa shape index (κ2) is 4.06. The minimum absolute atomic E-state index is 0.112. The highest BCUT2D eigenvalue weighted by atomic mass is 16.5. The van der Waals surface area contributed by atoms with E-state index in [0.717, 1.165) is 12.5 Å². The maximum Gasteiger partial charge on any atom is 0.0576 e. The maximum absolute atomic E-state index is 9.01. The summed E-state index contributed by atoms with van der Waals surface area (Å²) < 4.78 is 5.47. The maximum atomic E-state index is 9.01. The molecule has 0 aliphatic heterocycles. The third-order valence-corrected chi connectivity index (χ3v) is 2.34. The molecule has 70 valence electrons. The summed E-state index contributed by atoms with van der Waals surface area (Å²) >= 11 is 0. The molecule has 0 aromatic rings. The second-order valence-corrected chi connectivity index (χ2v) is 3.97. The van der Waals surface area contributed by atoms with Crippen molar-refractivity contribution in [1.82, 2.24) is 0 Å². The van der Waals surface area contributed by atoms with Crippen molar-refractivity contribution < 1.29 is 9.84 Å². The van der Waals surface area contributed by atoms with Gasteiger partial charge in [0.25, 0.3) is 0 Å². The van der Waals surface area contributed by atoms with E-state index in [4.69, 9.17) is 9.84 Å². The topological polar surface area (TPSA) is 29.5 Å². The van der Waals surface area contributed by atoms with E-state index >= 15 is 0 Å². The molecule has 1 aliphatic rings. The fourth-order valence-corrected chi connectivity index (χ4v) is 0.912. The van der Waals surface area contributed by atoms with Crippen molar-refractivity contribution >= 4 is 0 Å². The van der Waals surface area contributed by atoms with E-state index in [1.165, 1.54) is 12.8 Å². The lowest BCUT2D eigenvalue weighted by atomic mass is 9.93. The van der Waals surface area contributed by atoms with Gasteiger partial charge in [-0.05, 0) is 18.8 Å². The molecule has 1 saturated carbocycles. The van der Waals surface area contributed by atoms with E-state index in [9.17, 15) is 0 Å². The van der Waals surface area contributed by atoms with Gasteiger partial charge in [0.2, 0.25) is 0 Å². The van der Waals surface area contributed by atoms with Gasteiger partial charge in [0.1, 0.15) is 0 Å². The van der Waals surface area contributed by atoms with Gasteiger partial charge in [-0.25, -0.2) is 0 Å². The van der Waals surface area contributed by atoms with Crippen LogP contribution in [0.15, 0.2) is 12.7 Å². The van der Waals surface area contributed by atoms with E-state index < -0.39 is 0 Å². The fraction of sp³-hybridized carbons (Fsp3) is 0.800. The molecule has 0 radical (unpaired) electrons. The molecule has 0 spiro atoms. The minimum atomic E-state index is -0.255. The summed E-state index contributed by atoms with van der Waals surface area (Å²) in [5, 5.41) is 9.01. The lowest BCUT2D eigenvalue weighted by molar-refractivity contribution is 0.0391. The molecule has 0 heterocycles. The molecule has 0 aromatic carbocycles. The quantitative estimate of drug-likeness (QED) is 0.613. The highest BCUT2D eigenvalue weighted by Crippen LogP contribution is 2.29. The Labute approximate surface area is 74.2 Å². The Morgan fingerprint density at radius 3 is 2.75 bits per heavy atom. The molecule has 0 aromatic heterocycles. The standard InChI is InChI=1S/C10H18O2/c1-3-10(2,7-11)8-12-6-9-4-5-9/h3,9,11H,1,4-8H2,2H3. The van der Waals surface area contributed by atoms with Gasteiger partial charge in [0.15, 0.2) is 0 Å². The van der Waals surface area contributed by atoms with E-state index in [1.807, 2.05) is 6.92 Å². The summed E-state index contributed by atoms with van der Waals surface area (Å²) in [6, 6.07) is 0. The predicted molar refractivity (Wildman–Crippen MR) is 48.9 cm³/mol. The first-order valence-electron chi connectivity index (χ1n) is 4.52. The Bertz CT molecular complexity index is 152. The number of ether oxygens (including phenoxy) is 1. The molecule has 12 heavy (non-hydrogen) atoms. The van der Waals surface area contributed by atoms with Gasteiger partial charge >= 0.3 is 0 Å². The van der Waals surface area contributed by atoms with Crippen molar-refractivity contribution in [3.8, 4) is 0 Å². The molecule has 2 nitrogen and oxygen atoms in total. The molecule has 1 N–H and O–H groups in total. The third-order valence-electron chi connectivity index (χ3n) is 2.34. The van der Waals surface area contributed by atoms with Crippen LogP contribution in [0.1, 0.15) is 19.8 Å². The molecule has 0 bridgehead atoms. The molecule has 1 fully saturated rings. The van der Waals surface area contributed by atoms with Crippen molar-refractivity contribution in [1.29, 1.82) is 0 Å². The Balaban J connectivity index is 2.12. The molecule has 1 atom stereocenters. The average molecular weight is 170 g/mol. The van der Waals surface area contributed by atoms with E-state index in [2.05, 4.69) is 6.58 Å². The lowest BCUT2D eigenvalue weighted by Crippen LogP contribution is -2.25. The SMILES string of the molecule is C=CC(C)(CO)COCC1CC1. The van der Waals surface area contributed by atoms with Gasteiger partial charge in [-0.15, -0.1) is 6.58 Å². The molecule has 1 aliphatic carbocycles. The van der Waals surface area contributed by atoms with Gasteiger partial charge in [-0.2, -0.15) is 0 Å². The first-order chi connectivity index (χ1) is 5.70. The lowest BCUT2D eigenvalue weighted by Gasteiger charge is -2.22. The smallest absolute Gasteiger partial charge is 0.0576 e. The molecule has 1 rings (SSSR count). The van der Waals surface area contributed by atoms with Crippen molar-refractivity contribution in [3.05, 3.63) is 12.7 Å². The zero-order chi connectivity index (χ0) is 9.03. The largest absolute Gasteiger partial charge is 0.395 e. The van der Waals surface area contributed by atoms with Crippen LogP contribution in [0, 0.1) is 11.3 Å². The van der Waals surface area contributed by atoms with Crippen LogP contribution in [0.5, 0.6) is 0 Å². The van der Waals surface area contributed by atoms with Crippen molar-refractivity contribution in [3.63, 3.8) is 0 Å². The van der Waals surface area contributed by atoms with Crippen LogP contribution < -0.4 is 0 Å². The van der Waals surface area contributed by atoms with Gasteiger partial charge in [0.05, 0.1) is 13.2 Å². The monoisotopic (exact) mass is 170 g/mol. The molecule has 1 unspecified atom stereocenters. The van der Waals surface area contributed by atoms with E-state index in [0.29, 0.717) is 6.61 Å². The van der Waals surface area contributed by atoms with Crippen LogP contribution >= 0.6 is 0 Å². The Hall–Kier alpha value is -0.340. The summed E-state index contributed by atoms with van der Waals surface area (Å²) in [6.45, 7) is 7.18. The van der Waals surface area contributed by atoms with Gasteiger partial charge in [-0.1, -0.05) is 13.0 Å². The van der Waals surface area contributed by atoms with Crippen molar-refractivity contribution in [2.24, 2.45) is 11.3 Å². The van der Waals surface area contributed by atoms with Crippen LogP contribution in [0.2, 0.25) is 0 Å². The zero-order valence-electron chi connectivity index (χ0n) is 7.75. The Kier molecular flexibility index (Phi) is 3.29. The first kappa shape index (κ1) is 9.75. The molecular formula is C10H18O2. The van der Waals surface area contributed by atoms with Crippen LogP contribution in [-0.4, -0.2) is 24.9 Å². The number of hydrogen-bond donors (Lipinski definition) is 1. The minimum Gasteiger partial charge on any atom is -0.395 e. The summed E-state index contributed by atoms with van der Waals surface area (Å²) in [7, 11) is 0. The van der Waals surface area contributed by atoms with Crippen LogP contribution in [0.25, 0.3) is 0 Å². The Morgan fingerprint density at radius 1 is 1.67 bits per heavy atom. The number of aliphatic hydroxyl groups excluding tert-OH is 1. The molecule has 0 saturated heterocycles. The fourth-order valence-electron chi connectivity index (χ4n) is 0.912.